The molecule has 17 heavy (non-hydrogen) atoms. The molecule has 0 spiro atoms. The highest BCUT2D eigenvalue weighted by Gasteiger charge is 2.33. The first kappa shape index (κ1) is 15.2. The lowest BCUT2D eigenvalue weighted by molar-refractivity contribution is 0.231. The summed E-state index contributed by atoms with van der Waals surface area (Å²) in [6.45, 7) is 3.21. The van der Waals surface area contributed by atoms with Crippen molar-refractivity contribution in [2.75, 3.05) is 26.0 Å². The SMILES string of the molecule is CCC1CCCCN1S(=O)(=O)N(C)CCCCl. The Bertz CT molecular complexity index is 321. The number of hydrogen-bond donors (Lipinski definition) is 0. The second-order valence-corrected chi connectivity index (χ2v) is 6.91. The molecular formula is C11H23ClN2O2S. The van der Waals surface area contributed by atoms with Gasteiger partial charge in [-0.2, -0.15) is 17.0 Å². The Morgan fingerprint density at radius 2 is 2.12 bits per heavy atom. The Balaban J connectivity index is 2.73. The van der Waals surface area contributed by atoms with E-state index in [0.717, 1.165) is 25.7 Å². The highest BCUT2D eigenvalue weighted by Crippen LogP contribution is 2.24. The first-order valence-corrected chi connectivity index (χ1v) is 8.26. The summed E-state index contributed by atoms with van der Waals surface area (Å²) < 4.78 is 27.8. The van der Waals surface area contributed by atoms with Gasteiger partial charge < -0.3 is 0 Å². The van der Waals surface area contributed by atoms with Crippen LogP contribution < -0.4 is 0 Å². The summed E-state index contributed by atoms with van der Waals surface area (Å²) in [6, 6.07) is 0.173. The number of piperidine rings is 1. The van der Waals surface area contributed by atoms with Crippen molar-refractivity contribution < 1.29 is 8.42 Å². The second kappa shape index (κ2) is 6.92. The third-order valence-corrected chi connectivity index (χ3v) is 5.65. The van der Waals surface area contributed by atoms with Crippen molar-refractivity contribution in [1.82, 2.24) is 8.61 Å². The summed E-state index contributed by atoms with van der Waals surface area (Å²) in [5.74, 6) is 0.497. The van der Waals surface area contributed by atoms with E-state index in [1.54, 1.807) is 11.4 Å². The van der Waals surface area contributed by atoms with Crippen LogP contribution in [0.3, 0.4) is 0 Å². The molecule has 4 nitrogen and oxygen atoms in total. The van der Waals surface area contributed by atoms with E-state index in [9.17, 15) is 8.42 Å². The Morgan fingerprint density at radius 1 is 1.41 bits per heavy atom. The van der Waals surface area contributed by atoms with E-state index in [-0.39, 0.29) is 6.04 Å². The van der Waals surface area contributed by atoms with Gasteiger partial charge in [0.1, 0.15) is 0 Å². The summed E-state index contributed by atoms with van der Waals surface area (Å²) in [5, 5.41) is 0. The maximum absolute atomic E-state index is 12.4. The number of rotatable bonds is 6. The topological polar surface area (TPSA) is 40.6 Å². The van der Waals surface area contributed by atoms with Crippen LogP contribution >= 0.6 is 11.6 Å². The van der Waals surface area contributed by atoms with Gasteiger partial charge in [-0.1, -0.05) is 13.3 Å². The minimum absolute atomic E-state index is 0.173. The van der Waals surface area contributed by atoms with Crippen LogP contribution in [0, 0.1) is 0 Å². The van der Waals surface area contributed by atoms with Gasteiger partial charge in [0.15, 0.2) is 0 Å². The van der Waals surface area contributed by atoms with Crippen molar-refractivity contribution in [3.63, 3.8) is 0 Å². The Hall–Kier alpha value is 0.160. The van der Waals surface area contributed by atoms with Gasteiger partial charge in [0.25, 0.3) is 10.2 Å². The minimum Gasteiger partial charge on any atom is -0.195 e. The van der Waals surface area contributed by atoms with Gasteiger partial charge in [0, 0.05) is 32.1 Å². The Morgan fingerprint density at radius 3 is 2.71 bits per heavy atom. The summed E-state index contributed by atoms with van der Waals surface area (Å²) in [6.07, 6.45) is 4.68. The molecule has 0 N–H and O–H groups in total. The van der Waals surface area contributed by atoms with Crippen LogP contribution in [-0.4, -0.2) is 49.1 Å². The summed E-state index contributed by atoms with van der Waals surface area (Å²) in [7, 11) is -1.65. The smallest absolute Gasteiger partial charge is 0.195 e. The van der Waals surface area contributed by atoms with Crippen molar-refractivity contribution >= 4 is 21.8 Å². The number of alkyl halides is 1. The molecule has 1 atom stereocenters. The molecule has 0 bridgehead atoms. The van der Waals surface area contributed by atoms with Crippen LogP contribution in [0.25, 0.3) is 0 Å². The maximum atomic E-state index is 12.4. The van der Waals surface area contributed by atoms with Crippen LogP contribution in [0.5, 0.6) is 0 Å². The molecule has 0 saturated carbocycles. The van der Waals surface area contributed by atoms with Gasteiger partial charge in [-0.05, 0) is 25.7 Å². The fraction of sp³-hybridized carbons (Fsp3) is 1.00. The molecule has 1 aliphatic rings. The van der Waals surface area contributed by atoms with E-state index >= 15 is 0 Å². The second-order valence-electron chi connectivity index (χ2n) is 4.54. The van der Waals surface area contributed by atoms with Gasteiger partial charge in [0.2, 0.25) is 0 Å². The van der Waals surface area contributed by atoms with Gasteiger partial charge in [-0.15, -0.1) is 11.6 Å². The van der Waals surface area contributed by atoms with Gasteiger partial charge in [-0.3, -0.25) is 0 Å². The van der Waals surface area contributed by atoms with E-state index in [1.165, 1.54) is 4.31 Å². The molecule has 0 radical (unpaired) electrons. The summed E-state index contributed by atoms with van der Waals surface area (Å²) >= 11 is 5.60. The van der Waals surface area contributed by atoms with Crippen LogP contribution in [-0.2, 0) is 10.2 Å². The average Bonchev–Trinajstić information content (AvgIpc) is 2.35. The molecule has 1 fully saturated rings. The van der Waals surface area contributed by atoms with E-state index < -0.39 is 10.2 Å². The molecule has 1 saturated heterocycles. The molecule has 6 heteroatoms. The average molecular weight is 283 g/mol. The zero-order valence-electron chi connectivity index (χ0n) is 10.7. The molecule has 0 aromatic rings. The highest BCUT2D eigenvalue weighted by atomic mass is 35.5. The lowest BCUT2D eigenvalue weighted by atomic mass is 10.0. The monoisotopic (exact) mass is 282 g/mol. The van der Waals surface area contributed by atoms with Crippen molar-refractivity contribution in [2.24, 2.45) is 0 Å². The van der Waals surface area contributed by atoms with Crippen molar-refractivity contribution in [3.8, 4) is 0 Å². The van der Waals surface area contributed by atoms with Crippen molar-refractivity contribution in [1.29, 1.82) is 0 Å². The zero-order chi connectivity index (χ0) is 12.9. The van der Waals surface area contributed by atoms with Crippen LogP contribution in [0.4, 0.5) is 0 Å². The quantitative estimate of drug-likeness (QED) is 0.700. The number of nitrogens with zero attached hydrogens (tertiary/aromatic N) is 2. The fourth-order valence-electron chi connectivity index (χ4n) is 2.26. The molecule has 1 heterocycles. The summed E-state index contributed by atoms with van der Waals surface area (Å²) in [4.78, 5) is 0. The molecule has 1 unspecified atom stereocenters. The van der Waals surface area contributed by atoms with Gasteiger partial charge >= 0.3 is 0 Å². The predicted octanol–water partition coefficient (Wildman–Crippen LogP) is 2.06. The Kier molecular flexibility index (Phi) is 6.20. The molecule has 1 rings (SSSR count). The highest BCUT2D eigenvalue weighted by molar-refractivity contribution is 7.86. The molecule has 0 amide bonds. The molecule has 0 aromatic carbocycles. The lowest BCUT2D eigenvalue weighted by Crippen LogP contribution is -2.49. The molecule has 0 aliphatic carbocycles. The standard InChI is InChI=1S/C11H23ClN2O2S/c1-3-11-7-4-5-10-14(11)17(15,16)13(2)9-6-8-12/h11H,3-10H2,1-2H3. The van der Waals surface area contributed by atoms with E-state index in [2.05, 4.69) is 6.92 Å². The molecular weight excluding hydrogens is 260 g/mol. The van der Waals surface area contributed by atoms with Gasteiger partial charge in [0.05, 0.1) is 0 Å². The largest absolute Gasteiger partial charge is 0.281 e. The van der Waals surface area contributed by atoms with Gasteiger partial charge in [-0.25, -0.2) is 0 Å². The fourth-order valence-corrected chi connectivity index (χ4v) is 4.09. The van der Waals surface area contributed by atoms with Crippen molar-refractivity contribution in [2.45, 2.75) is 45.1 Å². The summed E-state index contributed by atoms with van der Waals surface area (Å²) in [5.41, 5.74) is 0. The zero-order valence-corrected chi connectivity index (χ0v) is 12.3. The number of halogens is 1. The van der Waals surface area contributed by atoms with Crippen LogP contribution in [0.15, 0.2) is 0 Å². The third kappa shape index (κ3) is 3.81. The first-order chi connectivity index (χ1) is 8.04. The molecule has 0 aromatic heterocycles. The third-order valence-electron chi connectivity index (χ3n) is 3.34. The first-order valence-electron chi connectivity index (χ1n) is 6.33. The normalized spacial score (nSPS) is 23.2. The maximum Gasteiger partial charge on any atom is 0.281 e. The lowest BCUT2D eigenvalue weighted by Gasteiger charge is -2.36. The van der Waals surface area contributed by atoms with Crippen LogP contribution in [0.1, 0.15) is 39.0 Å². The van der Waals surface area contributed by atoms with E-state index in [0.29, 0.717) is 25.4 Å². The van der Waals surface area contributed by atoms with E-state index in [1.807, 2.05) is 0 Å². The van der Waals surface area contributed by atoms with Crippen molar-refractivity contribution in [3.05, 3.63) is 0 Å². The van der Waals surface area contributed by atoms with Crippen LogP contribution in [0.2, 0.25) is 0 Å². The Labute approximate surface area is 110 Å². The molecule has 1 aliphatic heterocycles. The molecule has 102 valence electrons. The number of hydrogen-bond acceptors (Lipinski definition) is 2. The predicted molar refractivity (Wildman–Crippen MR) is 71.5 cm³/mol. The minimum atomic E-state index is -3.29. The van der Waals surface area contributed by atoms with E-state index in [4.69, 9.17) is 11.6 Å².